The van der Waals surface area contributed by atoms with Gasteiger partial charge in [0.25, 0.3) is 5.91 Å². The fraction of sp³-hybridized carbons (Fsp3) is 0.471. The Morgan fingerprint density at radius 2 is 1.96 bits per heavy atom. The number of aryl methyl sites for hydroxylation is 1. The standard InChI is InChI=1S/C17H21N3O3/c1-11-6-4-5-7-12(11)16(2,3)14(22)20-9-8-17(10-20)13(21)18-15(23)19-17/h4-7H,8-10H2,1-3H3,(H2,18,19,21,23)/t17-/m1/s1. The molecule has 2 aliphatic heterocycles. The highest BCUT2D eigenvalue weighted by Gasteiger charge is 2.53. The SMILES string of the molecule is Cc1ccccc1C(C)(C)C(=O)N1CC[C@]2(C1)NC(=O)NC2=O. The summed E-state index contributed by atoms with van der Waals surface area (Å²) in [5, 5.41) is 4.93. The molecule has 2 heterocycles. The first-order valence-electron chi connectivity index (χ1n) is 7.75. The number of nitrogens with one attached hydrogen (secondary N) is 2. The molecule has 3 rings (SSSR count). The number of nitrogens with zero attached hydrogens (tertiary/aromatic N) is 1. The average Bonchev–Trinajstić information content (AvgIpc) is 3.03. The van der Waals surface area contributed by atoms with E-state index < -0.39 is 17.0 Å². The van der Waals surface area contributed by atoms with Crippen LogP contribution in [0.3, 0.4) is 0 Å². The summed E-state index contributed by atoms with van der Waals surface area (Å²) in [6.45, 7) is 6.47. The van der Waals surface area contributed by atoms with E-state index in [2.05, 4.69) is 10.6 Å². The molecule has 6 heteroatoms. The van der Waals surface area contributed by atoms with Gasteiger partial charge in [-0.1, -0.05) is 24.3 Å². The molecular weight excluding hydrogens is 294 g/mol. The summed E-state index contributed by atoms with van der Waals surface area (Å²) >= 11 is 0. The minimum Gasteiger partial charge on any atom is -0.339 e. The van der Waals surface area contributed by atoms with Gasteiger partial charge in [0, 0.05) is 6.54 Å². The Morgan fingerprint density at radius 1 is 1.26 bits per heavy atom. The number of carbonyl (C=O) groups is 3. The van der Waals surface area contributed by atoms with E-state index in [1.54, 1.807) is 4.90 Å². The first kappa shape index (κ1) is 15.5. The van der Waals surface area contributed by atoms with E-state index in [1.165, 1.54) is 0 Å². The number of rotatable bonds is 2. The van der Waals surface area contributed by atoms with Crippen LogP contribution >= 0.6 is 0 Å². The Bertz CT molecular complexity index is 698. The highest BCUT2D eigenvalue weighted by Crippen LogP contribution is 2.32. The van der Waals surface area contributed by atoms with Gasteiger partial charge in [0.15, 0.2) is 0 Å². The van der Waals surface area contributed by atoms with Crippen molar-refractivity contribution in [2.24, 2.45) is 0 Å². The molecule has 0 radical (unpaired) electrons. The predicted molar refractivity (Wildman–Crippen MR) is 84.8 cm³/mol. The van der Waals surface area contributed by atoms with Crippen LogP contribution in [-0.2, 0) is 15.0 Å². The van der Waals surface area contributed by atoms with Crippen LogP contribution in [0.4, 0.5) is 4.79 Å². The maximum Gasteiger partial charge on any atom is 0.322 e. The van der Waals surface area contributed by atoms with E-state index >= 15 is 0 Å². The van der Waals surface area contributed by atoms with Crippen molar-refractivity contribution in [1.82, 2.24) is 15.5 Å². The van der Waals surface area contributed by atoms with E-state index in [0.717, 1.165) is 11.1 Å². The number of hydrogen-bond donors (Lipinski definition) is 2. The van der Waals surface area contributed by atoms with Crippen LogP contribution in [0.5, 0.6) is 0 Å². The van der Waals surface area contributed by atoms with Crippen LogP contribution in [0.1, 0.15) is 31.4 Å². The van der Waals surface area contributed by atoms with Crippen LogP contribution in [0.2, 0.25) is 0 Å². The summed E-state index contributed by atoms with van der Waals surface area (Å²) in [4.78, 5) is 38.1. The molecule has 0 unspecified atom stereocenters. The molecule has 1 atom stereocenters. The summed E-state index contributed by atoms with van der Waals surface area (Å²) in [5.74, 6) is -0.371. The van der Waals surface area contributed by atoms with Gasteiger partial charge in [0.05, 0.1) is 12.0 Å². The Balaban J connectivity index is 1.83. The van der Waals surface area contributed by atoms with Crippen LogP contribution in [0.25, 0.3) is 0 Å². The second-order valence-electron chi connectivity index (χ2n) is 6.91. The first-order chi connectivity index (χ1) is 10.8. The molecule has 1 spiro atoms. The fourth-order valence-corrected chi connectivity index (χ4v) is 3.58. The Hall–Kier alpha value is -2.37. The molecule has 0 bridgehead atoms. The summed E-state index contributed by atoms with van der Waals surface area (Å²) in [5.41, 5.74) is 0.391. The predicted octanol–water partition coefficient (Wildman–Crippen LogP) is 1.08. The number of likely N-dealkylation sites (tertiary alicyclic amines) is 1. The molecule has 1 aromatic carbocycles. The second kappa shape index (κ2) is 5.08. The van der Waals surface area contributed by atoms with Gasteiger partial charge < -0.3 is 10.2 Å². The zero-order chi connectivity index (χ0) is 16.8. The quantitative estimate of drug-likeness (QED) is 0.802. The molecular formula is C17H21N3O3. The van der Waals surface area contributed by atoms with E-state index in [4.69, 9.17) is 0 Å². The van der Waals surface area contributed by atoms with E-state index in [-0.39, 0.29) is 18.4 Å². The monoisotopic (exact) mass is 315 g/mol. The van der Waals surface area contributed by atoms with Gasteiger partial charge in [-0.25, -0.2) is 4.79 Å². The Kier molecular flexibility index (Phi) is 3.43. The molecule has 2 aliphatic rings. The maximum atomic E-state index is 13.0. The maximum absolute atomic E-state index is 13.0. The first-order valence-corrected chi connectivity index (χ1v) is 7.75. The van der Waals surface area contributed by atoms with Crippen LogP contribution in [0, 0.1) is 6.92 Å². The highest BCUT2D eigenvalue weighted by atomic mass is 16.2. The number of amides is 4. The largest absolute Gasteiger partial charge is 0.339 e. The molecule has 0 aliphatic carbocycles. The molecule has 0 saturated carbocycles. The normalized spacial score (nSPS) is 24.0. The van der Waals surface area contributed by atoms with E-state index in [9.17, 15) is 14.4 Å². The van der Waals surface area contributed by atoms with Gasteiger partial charge >= 0.3 is 6.03 Å². The topological polar surface area (TPSA) is 78.5 Å². The third-order valence-electron chi connectivity index (χ3n) is 4.92. The van der Waals surface area contributed by atoms with Crippen molar-refractivity contribution in [3.05, 3.63) is 35.4 Å². The Morgan fingerprint density at radius 3 is 2.57 bits per heavy atom. The van der Waals surface area contributed by atoms with Gasteiger partial charge in [-0.2, -0.15) is 0 Å². The van der Waals surface area contributed by atoms with Crippen molar-refractivity contribution in [2.45, 2.75) is 38.1 Å². The second-order valence-corrected chi connectivity index (χ2v) is 6.91. The van der Waals surface area contributed by atoms with Crippen molar-refractivity contribution in [2.75, 3.05) is 13.1 Å². The zero-order valence-corrected chi connectivity index (χ0v) is 13.6. The molecule has 23 heavy (non-hydrogen) atoms. The van der Waals surface area contributed by atoms with Crippen LogP contribution < -0.4 is 10.6 Å². The molecule has 6 nitrogen and oxygen atoms in total. The van der Waals surface area contributed by atoms with Crippen LogP contribution in [-0.4, -0.2) is 41.4 Å². The van der Waals surface area contributed by atoms with Gasteiger partial charge in [-0.05, 0) is 38.3 Å². The van der Waals surface area contributed by atoms with Crippen molar-refractivity contribution in [1.29, 1.82) is 0 Å². The lowest BCUT2D eigenvalue weighted by Gasteiger charge is -2.31. The van der Waals surface area contributed by atoms with Crippen LogP contribution in [0.15, 0.2) is 24.3 Å². The minimum atomic E-state index is -0.964. The molecule has 122 valence electrons. The van der Waals surface area contributed by atoms with E-state index in [1.807, 2.05) is 45.0 Å². The fourth-order valence-electron chi connectivity index (χ4n) is 3.58. The van der Waals surface area contributed by atoms with Crippen molar-refractivity contribution < 1.29 is 14.4 Å². The lowest BCUT2D eigenvalue weighted by atomic mass is 9.81. The van der Waals surface area contributed by atoms with Crippen molar-refractivity contribution >= 4 is 17.8 Å². The number of hydrogen-bond acceptors (Lipinski definition) is 3. The van der Waals surface area contributed by atoms with Crippen molar-refractivity contribution in [3.63, 3.8) is 0 Å². The molecule has 4 amide bonds. The summed E-state index contributed by atoms with van der Waals surface area (Å²) in [6.07, 6.45) is 0.445. The van der Waals surface area contributed by atoms with Gasteiger partial charge in [-0.15, -0.1) is 0 Å². The third-order valence-corrected chi connectivity index (χ3v) is 4.92. The van der Waals surface area contributed by atoms with Gasteiger partial charge in [0.1, 0.15) is 5.54 Å². The smallest absolute Gasteiger partial charge is 0.322 e. The summed E-state index contributed by atoms with van der Waals surface area (Å²) < 4.78 is 0. The molecule has 2 fully saturated rings. The lowest BCUT2D eigenvalue weighted by Crippen LogP contribution is -2.51. The Labute approximate surface area is 135 Å². The summed E-state index contributed by atoms with van der Waals surface area (Å²) in [7, 11) is 0. The molecule has 0 aromatic heterocycles. The number of benzene rings is 1. The third kappa shape index (κ3) is 2.38. The number of urea groups is 1. The molecule has 2 saturated heterocycles. The highest BCUT2D eigenvalue weighted by molar-refractivity contribution is 6.07. The number of carbonyl (C=O) groups excluding carboxylic acids is 3. The number of imide groups is 1. The molecule has 1 aromatic rings. The minimum absolute atomic E-state index is 0.0300. The van der Waals surface area contributed by atoms with Gasteiger partial charge in [0.2, 0.25) is 5.91 Å². The van der Waals surface area contributed by atoms with Crippen molar-refractivity contribution in [3.8, 4) is 0 Å². The summed E-state index contributed by atoms with van der Waals surface area (Å²) in [6, 6.07) is 7.34. The van der Waals surface area contributed by atoms with Gasteiger partial charge in [-0.3, -0.25) is 14.9 Å². The average molecular weight is 315 g/mol. The van der Waals surface area contributed by atoms with E-state index in [0.29, 0.717) is 13.0 Å². The lowest BCUT2D eigenvalue weighted by molar-refractivity contribution is -0.135. The molecule has 2 N–H and O–H groups in total. The zero-order valence-electron chi connectivity index (χ0n) is 13.6.